The van der Waals surface area contributed by atoms with Crippen molar-refractivity contribution in [2.24, 2.45) is 0 Å². The third kappa shape index (κ3) is 4.00. The normalized spacial score (nSPS) is 11.9. The van der Waals surface area contributed by atoms with Gasteiger partial charge in [-0.1, -0.05) is 6.07 Å². The third-order valence-corrected chi connectivity index (χ3v) is 3.63. The molecule has 0 radical (unpaired) electrons. The zero-order valence-electron chi connectivity index (χ0n) is 12.0. The van der Waals surface area contributed by atoms with Gasteiger partial charge in [-0.25, -0.2) is 18.6 Å². The summed E-state index contributed by atoms with van der Waals surface area (Å²) < 4.78 is 27.1. The van der Waals surface area contributed by atoms with Crippen molar-refractivity contribution in [1.29, 1.82) is 0 Å². The van der Waals surface area contributed by atoms with E-state index in [1.165, 1.54) is 6.07 Å². The molecule has 0 bridgehead atoms. The fourth-order valence-corrected chi connectivity index (χ4v) is 2.24. The number of amides is 2. The quantitative estimate of drug-likeness (QED) is 0.791. The summed E-state index contributed by atoms with van der Waals surface area (Å²) >= 11 is 3.23. The van der Waals surface area contributed by atoms with Crippen LogP contribution in [-0.2, 0) is 0 Å². The Balaban J connectivity index is 2.06. The first-order chi connectivity index (χ1) is 10.4. The van der Waals surface area contributed by atoms with Crippen LogP contribution in [0, 0.1) is 18.6 Å². The molecule has 0 fully saturated rings. The van der Waals surface area contributed by atoms with Crippen LogP contribution in [0.25, 0.3) is 0 Å². The minimum atomic E-state index is -0.703. The van der Waals surface area contributed by atoms with Crippen LogP contribution in [0.4, 0.5) is 19.3 Å². The van der Waals surface area contributed by atoms with Crippen molar-refractivity contribution in [3.05, 3.63) is 57.8 Å². The number of rotatable bonds is 3. The van der Waals surface area contributed by atoms with Crippen LogP contribution in [0.2, 0.25) is 0 Å². The van der Waals surface area contributed by atoms with Gasteiger partial charge in [0, 0.05) is 17.8 Å². The summed E-state index contributed by atoms with van der Waals surface area (Å²) in [6, 6.07) is 3.86. The molecule has 2 amide bonds. The first-order valence-corrected chi connectivity index (χ1v) is 7.30. The summed E-state index contributed by atoms with van der Waals surface area (Å²) in [5.41, 5.74) is 1.60. The number of hydrogen-bond donors (Lipinski definition) is 2. The average Bonchev–Trinajstić information content (AvgIpc) is 2.42. The van der Waals surface area contributed by atoms with Crippen molar-refractivity contribution in [2.75, 3.05) is 5.32 Å². The molecule has 2 rings (SSSR count). The molecule has 1 heterocycles. The van der Waals surface area contributed by atoms with Crippen molar-refractivity contribution in [2.45, 2.75) is 19.9 Å². The molecule has 0 aliphatic carbocycles. The maximum Gasteiger partial charge on any atom is 0.319 e. The lowest BCUT2D eigenvalue weighted by Gasteiger charge is -2.16. The lowest BCUT2D eigenvalue weighted by molar-refractivity contribution is 0.249. The second kappa shape index (κ2) is 6.83. The molecular formula is C15H14BrF2N3O. The van der Waals surface area contributed by atoms with Crippen molar-refractivity contribution < 1.29 is 13.6 Å². The summed E-state index contributed by atoms with van der Waals surface area (Å²) in [6.45, 7) is 3.46. The van der Waals surface area contributed by atoms with E-state index in [0.717, 1.165) is 17.7 Å². The largest absolute Gasteiger partial charge is 0.331 e. The predicted molar refractivity (Wildman–Crippen MR) is 83.6 cm³/mol. The molecule has 22 heavy (non-hydrogen) atoms. The molecule has 0 unspecified atom stereocenters. The van der Waals surface area contributed by atoms with E-state index in [4.69, 9.17) is 0 Å². The maximum absolute atomic E-state index is 13.7. The standard InChI is InChI=1S/C15H14BrF2N3O/c1-8-5-13(14(16)19-7-8)21-15(22)20-9(2)11-4-3-10(17)6-12(11)18/h3-7,9H,1-2H3,(H2,20,21,22)/t9-/m1/s1. The van der Waals surface area contributed by atoms with Gasteiger partial charge in [-0.05, 0) is 47.5 Å². The number of nitrogens with one attached hydrogen (secondary N) is 2. The highest BCUT2D eigenvalue weighted by Crippen LogP contribution is 2.21. The van der Waals surface area contributed by atoms with E-state index in [9.17, 15) is 13.6 Å². The van der Waals surface area contributed by atoms with Gasteiger partial charge in [-0.2, -0.15) is 0 Å². The Morgan fingerprint density at radius 3 is 2.73 bits per heavy atom. The summed E-state index contributed by atoms with van der Waals surface area (Å²) in [6.07, 6.45) is 1.66. The number of nitrogens with zero attached hydrogens (tertiary/aromatic N) is 1. The van der Waals surface area contributed by atoms with Crippen LogP contribution in [0.5, 0.6) is 0 Å². The molecule has 2 aromatic rings. The van der Waals surface area contributed by atoms with Crippen LogP contribution in [0.3, 0.4) is 0 Å². The van der Waals surface area contributed by atoms with Gasteiger partial charge in [0.15, 0.2) is 0 Å². The van der Waals surface area contributed by atoms with E-state index < -0.39 is 23.7 Å². The molecule has 4 nitrogen and oxygen atoms in total. The number of carbonyl (C=O) groups is 1. The molecule has 1 aromatic carbocycles. The van der Waals surface area contributed by atoms with Crippen molar-refractivity contribution in [3.63, 3.8) is 0 Å². The molecular weight excluding hydrogens is 356 g/mol. The monoisotopic (exact) mass is 369 g/mol. The molecule has 7 heteroatoms. The highest BCUT2D eigenvalue weighted by Gasteiger charge is 2.15. The number of hydrogen-bond acceptors (Lipinski definition) is 2. The first kappa shape index (κ1) is 16.4. The van der Waals surface area contributed by atoms with Crippen LogP contribution in [0.15, 0.2) is 35.1 Å². The van der Waals surface area contributed by atoms with E-state index >= 15 is 0 Å². The van der Waals surface area contributed by atoms with Crippen LogP contribution in [-0.4, -0.2) is 11.0 Å². The van der Waals surface area contributed by atoms with E-state index in [0.29, 0.717) is 10.3 Å². The summed E-state index contributed by atoms with van der Waals surface area (Å²) in [5.74, 6) is -1.36. The highest BCUT2D eigenvalue weighted by molar-refractivity contribution is 9.10. The highest BCUT2D eigenvalue weighted by atomic mass is 79.9. The Labute approximate surface area is 135 Å². The topological polar surface area (TPSA) is 54.0 Å². The average molecular weight is 370 g/mol. The van der Waals surface area contributed by atoms with E-state index in [-0.39, 0.29) is 5.56 Å². The smallest absolute Gasteiger partial charge is 0.319 e. The molecule has 2 N–H and O–H groups in total. The second-order valence-electron chi connectivity index (χ2n) is 4.84. The van der Waals surface area contributed by atoms with E-state index in [2.05, 4.69) is 31.5 Å². The van der Waals surface area contributed by atoms with Crippen molar-refractivity contribution in [1.82, 2.24) is 10.3 Å². The fourth-order valence-electron chi connectivity index (χ4n) is 1.93. The van der Waals surface area contributed by atoms with Gasteiger partial charge in [0.2, 0.25) is 0 Å². The number of aromatic nitrogens is 1. The number of carbonyl (C=O) groups excluding carboxylic acids is 1. The SMILES string of the molecule is Cc1cnc(Br)c(NC(=O)N[C@H](C)c2ccc(F)cc2F)c1. The first-order valence-electron chi connectivity index (χ1n) is 6.51. The van der Waals surface area contributed by atoms with Gasteiger partial charge < -0.3 is 10.6 Å². The molecule has 0 aliphatic rings. The lowest BCUT2D eigenvalue weighted by atomic mass is 10.1. The Kier molecular flexibility index (Phi) is 5.07. The second-order valence-corrected chi connectivity index (χ2v) is 5.59. The van der Waals surface area contributed by atoms with Crippen LogP contribution in [0.1, 0.15) is 24.1 Å². The number of anilines is 1. The van der Waals surface area contributed by atoms with E-state index in [1.807, 2.05) is 6.92 Å². The molecule has 1 atom stereocenters. The summed E-state index contributed by atoms with van der Waals surface area (Å²) in [4.78, 5) is 16.0. The van der Waals surface area contributed by atoms with Gasteiger partial charge in [-0.3, -0.25) is 0 Å². The molecule has 0 saturated heterocycles. The minimum Gasteiger partial charge on any atom is -0.331 e. The van der Waals surface area contributed by atoms with Gasteiger partial charge in [0.1, 0.15) is 16.2 Å². The Morgan fingerprint density at radius 1 is 1.32 bits per heavy atom. The Hall–Kier alpha value is -2.02. The zero-order chi connectivity index (χ0) is 16.3. The maximum atomic E-state index is 13.7. The van der Waals surface area contributed by atoms with E-state index in [1.54, 1.807) is 19.2 Å². The lowest BCUT2D eigenvalue weighted by Crippen LogP contribution is -2.31. The zero-order valence-corrected chi connectivity index (χ0v) is 13.5. The number of aryl methyl sites for hydroxylation is 1. The Bertz CT molecular complexity index is 709. The van der Waals surface area contributed by atoms with Crippen LogP contribution >= 0.6 is 15.9 Å². The number of urea groups is 1. The van der Waals surface area contributed by atoms with Crippen LogP contribution < -0.4 is 10.6 Å². The molecule has 0 aliphatic heterocycles. The molecule has 116 valence electrons. The van der Waals surface area contributed by atoms with Crippen molar-refractivity contribution >= 4 is 27.6 Å². The fraction of sp³-hybridized carbons (Fsp3) is 0.200. The number of pyridine rings is 1. The number of benzene rings is 1. The van der Waals surface area contributed by atoms with Gasteiger partial charge in [0.05, 0.1) is 11.7 Å². The molecule has 1 aromatic heterocycles. The predicted octanol–water partition coefficient (Wildman–Crippen LogP) is 4.31. The molecule has 0 spiro atoms. The minimum absolute atomic E-state index is 0.206. The van der Waals surface area contributed by atoms with Gasteiger partial charge in [0.25, 0.3) is 0 Å². The summed E-state index contributed by atoms with van der Waals surface area (Å²) in [5, 5.41) is 5.22. The van der Waals surface area contributed by atoms with Crippen molar-refractivity contribution in [3.8, 4) is 0 Å². The molecule has 0 saturated carbocycles. The summed E-state index contributed by atoms with van der Waals surface area (Å²) in [7, 11) is 0. The number of halogens is 3. The third-order valence-electron chi connectivity index (χ3n) is 3.00. The van der Waals surface area contributed by atoms with Gasteiger partial charge in [-0.15, -0.1) is 0 Å². The van der Waals surface area contributed by atoms with Gasteiger partial charge >= 0.3 is 6.03 Å². The Morgan fingerprint density at radius 2 is 2.05 bits per heavy atom.